The van der Waals surface area contributed by atoms with E-state index in [-0.39, 0.29) is 11.1 Å². The van der Waals surface area contributed by atoms with Gasteiger partial charge in [0.15, 0.2) is 6.10 Å². The third-order valence-electron chi connectivity index (χ3n) is 2.89. The number of nitriles is 1. The van der Waals surface area contributed by atoms with Gasteiger partial charge in [-0.2, -0.15) is 5.26 Å². The summed E-state index contributed by atoms with van der Waals surface area (Å²) in [4.78, 5) is 14.8. The Balaban J connectivity index is 1.94. The molecule has 0 saturated carbocycles. The van der Waals surface area contributed by atoms with Crippen LogP contribution in [0.15, 0.2) is 12.3 Å². The predicted molar refractivity (Wildman–Crippen MR) is 68.0 cm³/mol. The van der Waals surface area contributed by atoms with Crippen molar-refractivity contribution in [3.8, 4) is 6.07 Å². The van der Waals surface area contributed by atoms with Crippen molar-refractivity contribution in [2.24, 2.45) is 0 Å². The molecule has 1 aromatic heterocycles. The summed E-state index contributed by atoms with van der Waals surface area (Å²) in [5.74, 6) is -0.534. The lowest BCUT2D eigenvalue weighted by Crippen LogP contribution is -2.24. The average molecular weight is 282 g/mol. The third-order valence-corrected chi connectivity index (χ3v) is 3.27. The van der Waals surface area contributed by atoms with Crippen LogP contribution in [0.4, 0.5) is 5.82 Å². The number of nitrogens with one attached hydrogen (secondary N) is 1. The number of nitrogens with zero attached hydrogens (tertiary/aromatic N) is 2. The first-order chi connectivity index (χ1) is 9.11. The van der Waals surface area contributed by atoms with E-state index in [0.29, 0.717) is 30.8 Å². The van der Waals surface area contributed by atoms with Crippen LogP contribution >= 0.6 is 11.6 Å². The van der Waals surface area contributed by atoms with Crippen LogP contribution in [0.3, 0.4) is 0 Å². The Kier molecular flexibility index (Phi) is 4.20. The molecular weight excluding hydrogens is 270 g/mol. The molecule has 100 valence electrons. The van der Waals surface area contributed by atoms with Crippen LogP contribution in [0.5, 0.6) is 0 Å². The maximum absolute atomic E-state index is 10.7. The van der Waals surface area contributed by atoms with Crippen molar-refractivity contribution in [1.29, 1.82) is 5.26 Å². The molecule has 2 heterocycles. The van der Waals surface area contributed by atoms with E-state index in [0.717, 1.165) is 0 Å². The lowest BCUT2D eigenvalue weighted by molar-refractivity contribution is -0.149. The number of carbonyl (C=O) groups is 1. The van der Waals surface area contributed by atoms with Gasteiger partial charge in [-0.3, -0.25) is 0 Å². The number of aliphatic carboxylic acids is 1. The Bertz CT molecular complexity index is 529. The van der Waals surface area contributed by atoms with E-state index >= 15 is 0 Å². The number of aromatic nitrogens is 1. The molecule has 6 nitrogen and oxygen atoms in total. The number of rotatable bonds is 4. The molecule has 2 atom stereocenters. The van der Waals surface area contributed by atoms with Crippen LogP contribution in [-0.2, 0) is 9.53 Å². The van der Waals surface area contributed by atoms with Gasteiger partial charge in [0.05, 0.1) is 11.7 Å². The first-order valence-corrected chi connectivity index (χ1v) is 6.16. The quantitative estimate of drug-likeness (QED) is 0.871. The molecule has 0 bridgehead atoms. The minimum atomic E-state index is -0.940. The Hall–Kier alpha value is -1.84. The molecule has 1 aliphatic rings. The summed E-state index contributed by atoms with van der Waals surface area (Å²) in [7, 11) is 0. The summed E-state index contributed by atoms with van der Waals surface area (Å²) >= 11 is 5.99. The normalized spacial score (nSPS) is 21.9. The minimum Gasteiger partial charge on any atom is -0.479 e. The van der Waals surface area contributed by atoms with Crippen LogP contribution < -0.4 is 5.32 Å². The first-order valence-electron chi connectivity index (χ1n) is 5.78. The van der Waals surface area contributed by atoms with Crippen LogP contribution in [0.1, 0.15) is 18.4 Å². The molecule has 1 saturated heterocycles. The van der Waals surface area contributed by atoms with Gasteiger partial charge in [-0.05, 0) is 18.9 Å². The highest BCUT2D eigenvalue weighted by molar-refractivity contribution is 6.34. The van der Waals surface area contributed by atoms with Gasteiger partial charge >= 0.3 is 5.97 Å². The summed E-state index contributed by atoms with van der Waals surface area (Å²) < 4.78 is 5.34. The second kappa shape index (κ2) is 5.87. The zero-order valence-electron chi connectivity index (χ0n) is 9.97. The van der Waals surface area contributed by atoms with Crippen molar-refractivity contribution in [2.45, 2.75) is 25.0 Å². The molecule has 0 aliphatic carbocycles. The predicted octanol–water partition coefficient (Wildman–Crippen LogP) is 1.65. The molecule has 1 fully saturated rings. The second-order valence-corrected chi connectivity index (χ2v) is 4.55. The number of pyridine rings is 1. The van der Waals surface area contributed by atoms with Gasteiger partial charge in [-0.1, -0.05) is 11.6 Å². The molecule has 0 radical (unpaired) electrons. The molecule has 2 rings (SSSR count). The number of halogens is 1. The standard InChI is InChI=1S/C12H12ClN3O3/c13-10-7(5-14)3-4-15-11(10)16-6-8-1-2-9(19-8)12(17)18/h3-4,8-9H,1-2,6H2,(H,15,16)(H,17,18). The van der Waals surface area contributed by atoms with Gasteiger partial charge in [-0.25, -0.2) is 9.78 Å². The smallest absolute Gasteiger partial charge is 0.332 e. The van der Waals surface area contributed by atoms with Crippen LogP contribution in [0, 0.1) is 11.3 Å². The number of anilines is 1. The summed E-state index contributed by atoms with van der Waals surface area (Å²) in [6.45, 7) is 0.408. The lowest BCUT2D eigenvalue weighted by atomic mass is 10.2. The molecule has 2 N–H and O–H groups in total. The number of carboxylic acids is 1. The zero-order chi connectivity index (χ0) is 13.8. The summed E-state index contributed by atoms with van der Waals surface area (Å²) in [5, 5.41) is 20.9. The maximum Gasteiger partial charge on any atom is 0.332 e. The van der Waals surface area contributed by atoms with Gasteiger partial charge in [0.25, 0.3) is 0 Å². The number of carboxylic acid groups (broad SMARTS) is 1. The summed E-state index contributed by atoms with van der Waals surface area (Å²) in [6.07, 6.45) is 1.73. The SMILES string of the molecule is N#Cc1ccnc(NCC2CCC(C(=O)O)O2)c1Cl. The van der Waals surface area contributed by atoms with Crippen molar-refractivity contribution < 1.29 is 14.6 Å². The van der Waals surface area contributed by atoms with E-state index in [4.69, 9.17) is 26.7 Å². The third kappa shape index (κ3) is 3.13. The molecule has 19 heavy (non-hydrogen) atoms. The van der Waals surface area contributed by atoms with Crippen LogP contribution in [0.2, 0.25) is 5.02 Å². The number of hydrogen-bond donors (Lipinski definition) is 2. The fourth-order valence-corrected chi connectivity index (χ4v) is 2.12. The Morgan fingerprint density at radius 3 is 3.11 bits per heavy atom. The topological polar surface area (TPSA) is 95.2 Å². The molecule has 7 heteroatoms. The van der Waals surface area contributed by atoms with E-state index in [1.165, 1.54) is 12.3 Å². The van der Waals surface area contributed by atoms with Gasteiger partial charge in [0, 0.05) is 12.7 Å². The summed E-state index contributed by atoms with van der Waals surface area (Å²) in [5.41, 5.74) is 0.343. The molecule has 2 unspecified atom stereocenters. The highest BCUT2D eigenvalue weighted by Crippen LogP contribution is 2.24. The summed E-state index contributed by atoms with van der Waals surface area (Å²) in [6, 6.07) is 3.49. The Morgan fingerprint density at radius 1 is 1.68 bits per heavy atom. The molecule has 1 aliphatic heterocycles. The van der Waals surface area contributed by atoms with E-state index in [1.54, 1.807) is 0 Å². The molecule has 0 spiro atoms. The molecule has 0 amide bonds. The fraction of sp³-hybridized carbons (Fsp3) is 0.417. The van der Waals surface area contributed by atoms with Gasteiger partial charge in [-0.15, -0.1) is 0 Å². The lowest BCUT2D eigenvalue weighted by Gasteiger charge is -2.13. The molecule has 1 aromatic rings. The maximum atomic E-state index is 10.7. The van der Waals surface area contributed by atoms with E-state index in [9.17, 15) is 4.79 Å². The van der Waals surface area contributed by atoms with Gasteiger partial charge in [0.2, 0.25) is 0 Å². The van der Waals surface area contributed by atoms with Crippen LogP contribution in [0.25, 0.3) is 0 Å². The van der Waals surface area contributed by atoms with Crippen molar-refractivity contribution in [3.63, 3.8) is 0 Å². The van der Waals surface area contributed by atoms with Crippen molar-refractivity contribution in [1.82, 2.24) is 4.98 Å². The van der Waals surface area contributed by atoms with Gasteiger partial charge < -0.3 is 15.2 Å². The Labute approximate surface area is 115 Å². The van der Waals surface area contributed by atoms with Crippen molar-refractivity contribution >= 4 is 23.4 Å². The average Bonchev–Trinajstić information content (AvgIpc) is 2.86. The molecule has 0 aromatic carbocycles. The fourth-order valence-electron chi connectivity index (χ4n) is 1.90. The monoisotopic (exact) mass is 281 g/mol. The van der Waals surface area contributed by atoms with Gasteiger partial charge in [0.1, 0.15) is 16.9 Å². The Morgan fingerprint density at radius 2 is 2.47 bits per heavy atom. The largest absolute Gasteiger partial charge is 0.479 e. The first kappa shape index (κ1) is 13.6. The van der Waals surface area contributed by atoms with Crippen LogP contribution in [-0.4, -0.2) is 34.8 Å². The number of hydrogen-bond acceptors (Lipinski definition) is 5. The second-order valence-electron chi connectivity index (χ2n) is 4.18. The minimum absolute atomic E-state index is 0.190. The number of ether oxygens (including phenoxy) is 1. The van der Waals surface area contributed by atoms with E-state index < -0.39 is 12.1 Å². The van der Waals surface area contributed by atoms with Crippen molar-refractivity contribution in [3.05, 3.63) is 22.8 Å². The van der Waals surface area contributed by atoms with Crippen molar-refractivity contribution in [2.75, 3.05) is 11.9 Å². The van der Waals surface area contributed by atoms with E-state index in [2.05, 4.69) is 10.3 Å². The zero-order valence-corrected chi connectivity index (χ0v) is 10.7. The molecular formula is C12H12ClN3O3. The van der Waals surface area contributed by atoms with E-state index in [1.807, 2.05) is 6.07 Å². The highest BCUT2D eigenvalue weighted by Gasteiger charge is 2.30. The highest BCUT2D eigenvalue weighted by atomic mass is 35.5.